The third-order valence-electron chi connectivity index (χ3n) is 5.27. The molecule has 1 saturated carbocycles. The Morgan fingerprint density at radius 1 is 1.41 bits per heavy atom. The Kier molecular flexibility index (Phi) is 4.55. The fraction of sp³-hybridized carbons (Fsp3) is 0.444. The van der Waals surface area contributed by atoms with Crippen molar-refractivity contribution in [1.82, 2.24) is 15.2 Å². The van der Waals surface area contributed by atoms with Gasteiger partial charge in [0.25, 0.3) is 5.91 Å². The third-order valence-corrected chi connectivity index (χ3v) is 6.44. The molecule has 2 N–H and O–H groups in total. The molecule has 0 atom stereocenters. The highest BCUT2D eigenvalue weighted by atomic mass is 35.5. The molecular formula is C18H19ClN4O3S. The molecule has 7 nitrogen and oxygen atoms in total. The van der Waals surface area contributed by atoms with Crippen LogP contribution in [0.25, 0.3) is 10.2 Å². The second-order valence-electron chi connectivity index (χ2n) is 7.27. The minimum Gasteiger partial charge on any atom is -0.323 e. The molecule has 4 amide bonds. The summed E-state index contributed by atoms with van der Waals surface area (Å²) in [6, 6.07) is 4.78. The normalized spacial score (nSPS) is 25.3. The number of anilines is 1. The minimum absolute atomic E-state index is 0.300. The van der Waals surface area contributed by atoms with E-state index in [0.29, 0.717) is 28.9 Å². The maximum atomic E-state index is 12.8. The maximum absolute atomic E-state index is 12.8. The van der Waals surface area contributed by atoms with Crippen LogP contribution in [0.4, 0.5) is 9.93 Å². The topological polar surface area (TPSA) is 91.4 Å². The van der Waals surface area contributed by atoms with E-state index in [4.69, 9.17) is 11.6 Å². The lowest BCUT2D eigenvalue weighted by Crippen LogP contribution is -2.49. The summed E-state index contributed by atoms with van der Waals surface area (Å²) in [5, 5.41) is 6.49. The molecule has 0 unspecified atom stereocenters. The number of fused-ring (bicyclic) bond motifs is 1. The summed E-state index contributed by atoms with van der Waals surface area (Å²) in [6.07, 6.45) is 3.02. The zero-order chi connectivity index (χ0) is 19.2. The van der Waals surface area contributed by atoms with Crippen LogP contribution in [0.15, 0.2) is 18.2 Å². The van der Waals surface area contributed by atoms with Gasteiger partial charge in [-0.1, -0.05) is 29.9 Å². The average Bonchev–Trinajstić information content (AvgIpc) is 3.11. The van der Waals surface area contributed by atoms with Gasteiger partial charge in [-0.25, -0.2) is 9.78 Å². The average molecular weight is 407 g/mol. The Balaban J connectivity index is 1.44. The van der Waals surface area contributed by atoms with E-state index >= 15 is 0 Å². The van der Waals surface area contributed by atoms with Gasteiger partial charge in [-0.15, -0.1) is 0 Å². The van der Waals surface area contributed by atoms with Crippen LogP contribution in [-0.4, -0.2) is 39.8 Å². The highest BCUT2D eigenvalue weighted by molar-refractivity contribution is 7.22. The molecule has 2 heterocycles. The van der Waals surface area contributed by atoms with Gasteiger partial charge >= 0.3 is 6.03 Å². The van der Waals surface area contributed by atoms with Crippen LogP contribution in [-0.2, 0) is 9.59 Å². The first-order valence-corrected chi connectivity index (χ1v) is 10.1. The summed E-state index contributed by atoms with van der Waals surface area (Å²) in [6.45, 7) is 1.82. The van der Waals surface area contributed by atoms with Crippen LogP contribution in [0.3, 0.4) is 0 Å². The molecular weight excluding hydrogens is 388 g/mol. The first kappa shape index (κ1) is 18.2. The van der Waals surface area contributed by atoms with Crippen LogP contribution < -0.4 is 10.6 Å². The highest BCUT2D eigenvalue weighted by Gasteiger charge is 2.52. The zero-order valence-corrected chi connectivity index (χ0v) is 16.3. The van der Waals surface area contributed by atoms with Crippen LogP contribution >= 0.6 is 22.9 Å². The molecule has 2 aromatic rings. The molecule has 2 aliphatic rings. The number of imide groups is 1. The number of hydrogen-bond acceptors (Lipinski definition) is 5. The number of benzene rings is 1. The summed E-state index contributed by atoms with van der Waals surface area (Å²) >= 11 is 7.25. The van der Waals surface area contributed by atoms with Gasteiger partial charge in [0.2, 0.25) is 5.91 Å². The number of rotatable bonds is 3. The summed E-state index contributed by atoms with van der Waals surface area (Å²) in [4.78, 5) is 42.8. The van der Waals surface area contributed by atoms with Gasteiger partial charge in [-0.05, 0) is 49.8 Å². The maximum Gasteiger partial charge on any atom is 0.325 e. The number of nitrogens with one attached hydrogen (secondary N) is 2. The van der Waals surface area contributed by atoms with Crippen molar-refractivity contribution >= 4 is 56.1 Å². The van der Waals surface area contributed by atoms with E-state index < -0.39 is 17.5 Å². The van der Waals surface area contributed by atoms with E-state index in [2.05, 4.69) is 22.5 Å². The van der Waals surface area contributed by atoms with Crippen LogP contribution in [0.2, 0.25) is 5.02 Å². The summed E-state index contributed by atoms with van der Waals surface area (Å²) in [5.41, 5.74) is -0.110. The van der Waals surface area contributed by atoms with Gasteiger partial charge in [-0.2, -0.15) is 0 Å². The quantitative estimate of drug-likeness (QED) is 0.764. The number of carbonyl (C=O) groups excluding carboxylic acids is 3. The lowest BCUT2D eigenvalue weighted by Gasteiger charge is -2.33. The Morgan fingerprint density at radius 2 is 2.15 bits per heavy atom. The van der Waals surface area contributed by atoms with Crippen LogP contribution in [0.1, 0.15) is 32.6 Å². The number of hydrogen-bond donors (Lipinski definition) is 2. The summed E-state index contributed by atoms with van der Waals surface area (Å²) in [7, 11) is 0. The minimum atomic E-state index is -0.837. The van der Waals surface area contributed by atoms with Gasteiger partial charge in [-0.3, -0.25) is 14.5 Å². The monoisotopic (exact) mass is 406 g/mol. The van der Waals surface area contributed by atoms with E-state index in [1.807, 2.05) is 0 Å². The van der Waals surface area contributed by atoms with Crippen molar-refractivity contribution in [3.05, 3.63) is 23.2 Å². The van der Waals surface area contributed by atoms with E-state index in [9.17, 15) is 14.4 Å². The van der Waals surface area contributed by atoms with Crippen molar-refractivity contribution in [2.24, 2.45) is 5.92 Å². The van der Waals surface area contributed by atoms with Crippen LogP contribution in [0, 0.1) is 5.92 Å². The number of thiazole rings is 1. The van der Waals surface area contributed by atoms with Crippen molar-refractivity contribution in [3.8, 4) is 0 Å². The van der Waals surface area contributed by atoms with E-state index in [1.54, 1.807) is 18.2 Å². The number of halogens is 1. The fourth-order valence-electron chi connectivity index (χ4n) is 3.67. The smallest absolute Gasteiger partial charge is 0.323 e. The molecule has 0 radical (unpaired) electrons. The van der Waals surface area contributed by atoms with Crippen molar-refractivity contribution in [1.29, 1.82) is 0 Å². The number of aromatic nitrogens is 1. The third kappa shape index (κ3) is 3.39. The zero-order valence-electron chi connectivity index (χ0n) is 14.8. The van der Waals surface area contributed by atoms with Crippen LogP contribution in [0.5, 0.6) is 0 Å². The van der Waals surface area contributed by atoms with Crippen molar-refractivity contribution in [3.63, 3.8) is 0 Å². The lowest BCUT2D eigenvalue weighted by molar-refractivity contribution is -0.135. The molecule has 1 spiro atoms. The standard InChI is InChI=1S/C18H19ClN4O3S/c1-10-4-6-18(7-5-10)15(25)23(17(26)22-18)9-14(24)21-16-20-12-3-2-11(19)8-13(12)27-16/h2-3,8,10H,4-7,9H2,1H3,(H,22,26)(H,20,21,24). The Hall–Kier alpha value is -2.19. The lowest BCUT2D eigenvalue weighted by atomic mass is 9.77. The van der Waals surface area contributed by atoms with Crippen molar-refractivity contribution in [2.75, 3.05) is 11.9 Å². The second kappa shape index (κ2) is 6.76. The molecule has 142 valence electrons. The van der Waals surface area contributed by atoms with Gasteiger partial charge in [0.05, 0.1) is 10.2 Å². The predicted molar refractivity (Wildman–Crippen MR) is 104 cm³/mol. The number of nitrogens with zero attached hydrogens (tertiary/aromatic N) is 2. The summed E-state index contributed by atoms with van der Waals surface area (Å²) < 4.78 is 0.850. The van der Waals surface area contributed by atoms with Gasteiger partial charge in [0.1, 0.15) is 12.1 Å². The Bertz CT molecular complexity index is 936. The first-order valence-electron chi connectivity index (χ1n) is 8.86. The molecule has 1 aliphatic carbocycles. The molecule has 1 aliphatic heterocycles. The molecule has 1 aromatic carbocycles. The van der Waals surface area contributed by atoms with E-state index in [1.165, 1.54) is 11.3 Å². The molecule has 9 heteroatoms. The Labute approximate surface area is 165 Å². The number of carbonyl (C=O) groups is 3. The van der Waals surface area contributed by atoms with E-state index in [-0.39, 0.29) is 12.5 Å². The predicted octanol–water partition coefficient (Wildman–Crippen LogP) is 3.39. The Morgan fingerprint density at radius 3 is 2.89 bits per heavy atom. The largest absolute Gasteiger partial charge is 0.325 e. The summed E-state index contributed by atoms with van der Waals surface area (Å²) in [5.74, 6) is -0.208. The van der Waals surface area contributed by atoms with Crippen molar-refractivity contribution in [2.45, 2.75) is 38.1 Å². The number of urea groups is 1. The van der Waals surface area contributed by atoms with Gasteiger partial charge in [0, 0.05) is 5.02 Å². The first-order chi connectivity index (χ1) is 12.9. The number of amides is 4. The SMILES string of the molecule is CC1CCC2(CC1)NC(=O)N(CC(=O)Nc1nc3ccc(Cl)cc3s1)C2=O. The second-order valence-corrected chi connectivity index (χ2v) is 8.73. The van der Waals surface area contributed by atoms with Crippen molar-refractivity contribution < 1.29 is 14.4 Å². The van der Waals surface area contributed by atoms with E-state index in [0.717, 1.165) is 28.0 Å². The molecule has 27 heavy (non-hydrogen) atoms. The highest BCUT2D eigenvalue weighted by Crippen LogP contribution is 2.36. The van der Waals surface area contributed by atoms with Gasteiger partial charge in [0.15, 0.2) is 5.13 Å². The fourth-order valence-corrected chi connectivity index (χ4v) is 4.83. The van der Waals surface area contributed by atoms with Gasteiger partial charge < -0.3 is 10.6 Å². The molecule has 4 rings (SSSR count). The molecule has 2 fully saturated rings. The molecule has 1 saturated heterocycles. The molecule has 0 bridgehead atoms. The molecule has 1 aromatic heterocycles.